The largest absolute Gasteiger partial charge is 0.341 e. The smallest absolute Gasteiger partial charge is 0.230 e. The number of carbonyl (C=O) groups excluding carboxylic acids is 2. The van der Waals surface area contributed by atoms with E-state index in [-0.39, 0.29) is 17.6 Å². The summed E-state index contributed by atoms with van der Waals surface area (Å²) in [7, 11) is 0. The maximum Gasteiger partial charge on any atom is 0.230 e. The van der Waals surface area contributed by atoms with Gasteiger partial charge in [-0.1, -0.05) is 24.3 Å². The number of rotatable bonds is 4. The van der Waals surface area contributed by atoms with Crippen molar-refractivity contribution in [3.8, 4) is 0 Å². The van der Waals surface area contributed by atoms with Crippen LogP contribution in [0.3, 0.4) is 0 Å². The van der Waals surface area contributed by atoms with Crippen molar-refractivity contribution in [3.05, 3.63) is 48.3 Å². The van der Waals surface area contributed by atoms with Crippen molar-refractivity contribution >= 4 is 11.8 Å². The van der Waals surface area contributed by atoms with E-state index in [4.69, 9.17) is 0 Å². The summed E-state index contributed by atoms with van der Waals surface area (Å²) in [5.74, 6) is -0.189. The highest BCUT2D eigenvalue weighted by atomic mass is 19.1. The second-order valence-corrected chi connectivity index (χ2v) is 6.76. The third-order valence-corrected chi connectivity index (χ3v) is 5.17. The Balaban J connectivity index is 1.73. The number of halogens is 1. The third-order valence-electron chi connectivity index (χ3n) is 5.17. The van der Waals surface area contributed by atoms with Crippen LogP contribution in [0, 0.1) is 11.2 Å². The lowest BCUT2D eigenvalue weighted by Gasteiger charge is -2.39. The molecule has 1 aromatic rings. The van der Waals surface area contributed by atoms with Crippen LogP contribution in [0.15, 0.2) is 36.9 Å². The SMILES string of the molecule is C=CCC(=O)N1CCC2(CCCN(Cc3ccccc3F)C2=O)C1. The fourth-order valence-corrected chi connectivity index (χ4v) is 3.85. The summed E-state index contributed by atoms with van der Waals surface area (Å²) in [6.07, 6.45) is 4.30. The van der Waals surface area contributed by atoms with E-state index in [9.17, 15) is 14.0 Å². The first-order chi connectivity index (χ1) is 11.6. The first kappa shape index (κ1) is 16.7. The van der Waals surface area contributed by atoms with Crippen LogP contribution < -0.4 is 0 Å². The third kappa shape index (κ3) is 3.07. The van der Waals surface area contributed by atoms with Crippen LogP contribution in [0.1, 0.15) is 31.2 Å². The van der Waals surface area contributed by atoms with E-state index in [2.05, 4.69) is 6.58 Å². The molecule has 2 aliphatic rings. The first-order valence-electron chi connectivity index (χ1n) is 8.47. The van der Waals surface area contributed by atoms with E-state index >= 15 is 0 Å². The number of amides is 2. The van der Waals surface area contributed by atoms with E-state index in [1.165, 1.54) is 6.07 Å². The molecule has 3 rings (SSSR count). The number of hydrogen-bond acceptors (Lipinski definition) is 2. The minimum absolute atomic E-state index is 0.0286. The molecule has 2 fully saturated rings. The zero-order valence-corrected chi connectivity index (χ0v) is 13.8. The van der Waals surface area contributed by atoms with Crippen molar-refractivity contribution in [1.29, 1.82) is 0 Å². The zero-order chi connectivity index (χ0) is 17.2. The van der Waals surface area contributed by atoms with Crippen molar-refractivity contribution in [3.63, 3.8) is 0 Å². The molecule has 0 aromatic heterocycles. The van der Waals surface area contributed by atoms with Gasteiger partial charge in [-0.05, 0) is 25.3 Å². The van der Waals surface area contributed by atoms with Gasteiger partial charge in [-0.2, -0.15) is 0 Å². The lowest BCUT2D eigenvalue weighted by molar-refractivity contribution is -0.146. The Labute approximate surface area is 141 Å². The molecule has 0 saturated carbocycles. The van der Waals surface area contributed by atoms with Gasteiger partial charge in [0.15, 0.2) is 0 Å². The Kier molecular flexibility index (Phi) is 4.69. The maximum atomic E-state index is 13.9. The highest BCUT2D eigenvalue weighted by Crippen LogP contribution is 2.40. The molecule has 2 aliphatic heterocycles. The lowest BCUT2D eigenvalue weighted by atomic mass is 9.78. The number of likely N-dealkylation sites (tertiary alicyclic amines) is 2. The first-order valence-corrected chi connectivity index (χ1v) is 8.47. The summed E-state index contributed by atoms with van der Waals surface area (Å²) in [5, 5.41) is 0. The maximum absolute atomic E-state index is 13.9. The highest BCUT2D eigenvalue weighted by Gasteiger charge is 2.49. The number of carbonyl (C=O) groups is 2. The number of benzene rings is 1. The van der Waals surface area contributed by atoms with Gasteiger partial charge in [-0.25, -0.2) is 4.39 Å². The second-order valence-electron chi connectivity index (χ2n) is 6.76. The molecule has 5 heteroatoms. The normalized spacial score (nSPS) is 23.8. The van der Waals surface area contributed by atoms with Gasteiger partial charge in [0.2, 0.25) is 11.8 Å². The number of piperidine rings is 1. The molecule has 4 nitrogen and oxygen atoms in total. The van der Waals surface area contributed by atoms with Gasteiger partial charge in [-0.3, -0.25) is 9.59 Å². The predicted octanol–water partition coefficient (Wildman–Crippen LogP) is 2.74. The average molecular weight is 330 g/mol. The molecule has 24 heavy (non-hydrogen) atoms. The van der Waals surface area contributed by atoms with Gasteiger partial charge >= 0.3 is 0 Å². The van der Waals surface area contributed by atoms with Gasteiger partial charge in [0.05, 0.1) is 5.41 Å². The van der Waals surface area contributed by atoms with Gasteiger partial charge in [0.1, 0.15) is 5.82 Å². The number of nitrogens with zero attached hydrogens (tertiary/aromatic N) is 2. The summed E-state index contributed by atoms with van der Waals surface area (Å²) < 4.78 is 13.9. The van der Waals surface area contributed by atoms with Crippen LogP contribution in [0.2, 0.25) is 0 Å². The van der Waals surface area contributed by atoms with Crippen LogP contribution in [-0.4, -0.2) is 41.2 Å². The Hall–Kier alpha value is -2.17. The quantitative estimate of drug-likeness (QED) is 0.797. The van der Waals surface area contributed by atoms with E-state index < -0.39 is 5.41 Å². The minimum Gasteiger partial charge on any atom is -0.341 e. The van der Waals surface area contributed by atoms with Crippen LogP contribution >= 0.6 is 0 Å². The Morgan fingerprint density at radius 1 is 1.29 bits per heavy atom. The summed E-state index contributed by atoms with van der Waals surface area (Å²) in [6.45, 7) is 5.64. The molecule has 128 valence electrons. The van der Waals surface area contributed by atoms with Crippen molar-refractivity contribution in [2.45, 2.75) is 32.2 Å². The van der Waals surface area contributed by atoms with E-state index in [0.29, 0.717) is 44.6 Å². The molecule has 1 spiro atoms. The molecular formula is C19H23FN2O2. The summed E-state index contributed by atoms with van der Waals surface area (Å²) in [4.78, 5) is 28.6. The van der Waals surface area contributed by atoms with Crippen molar-refractivity contribution in [2.24, 2.45) is 5.41 Å². The van der Waals surface area contributed by atoms with Crippen LogP contribution in [0.25, 0.3) is 0 Å². The summed E-state index contributed by atoms with van der Waals surface area (Å²) in [6, 6.07) is 6.58. The molecule has 2 amide bonds. The Bertz CT molecular complexity index is 661. The minimum atomic E-state index is -0.486. The van der Waals surface area contributed by atoms with Gasteiger partial charge < -0.3 is 9.80 Å². The van der Waals surface area contributed by atoms with Crippen molar-refractivity contribution in [2.75, 3.05) is 19.6 Å². The van der Waals surface area contributed by atoms with Gasteiger partial charge in [-0.15, -0.1) is 6.58 Å². The zero-order valence-electron chi connectivity index (χ0n) is 13.8. The van der Waals surface area contributed by atoms with E-state index in [0.717, 1.165) is 12.8 Å². The second kappa shape index (κ2) is 6.75. The molecule has 0 aliphatic carbocycles. The predicted molar refractivity (Wildman–Crippen MR) is 89.5 cm³/mol. The molecule has 0 radical (unpaired) electrons. The Morgan fingerprint density at radius 3 is 2.83 bits per heavy atom. The lowest BCUT2D eigenvalue weighted by Crippen LogP contribution is -2.50. The highest BCUT2D eigenvalue weighted by molar-refractivity contribution is 5.86. The standard InChI is InChI=1S/C19H23FN2O2/c1-2-6-17(23)22-12-10-19(14-22)9-5-11-21(18(19)24)13-15-7-3-4-8-16(15)20/h2-4,7-8H,1,5-6,9-14H2. The van der Waals surface area contributed by atoms with Crippen LogP contribution in [-0.2, 0) is 16.1 Å². The molecule has 1 unspecified atom stereocenters. The van der Waals surface area contributed by atoms with Crippen molar-refractivity contribution in [1.82, 2.24) is 9.80 Å². The van der Waals surface area contributed by atoms with Crippen molar-refractivity contribution < 1.29 is 14.0 Å². The van der Waals surface area contributed by atoms with E-state index in [1.54, 1.807) is 34.1 Å². The van der Waals surface area contributed by atoms with Gasteiger partial charge in [0.25, 0.3) is 0 Å². The molecule has 1 atom stereocenters. The molecule has 0 N–H and O–H groups in total. The molecule has 2 heterocycles. The molecule has 1 aromatic carbocycles. The van der Waals surface area contributed by atoms with Crippen LogP contribution in [0.4, 0.5) is 4.39 Å². The summed E-state index contributed by atoms with van der Waals surface area (Å²) in [5.41, 5.74) is 0.0563. The fraction of sp³-hybridized carbons (Fsp3) is 0.474. The van der Waals surface area contributed by atoms with Gasteiger partial charge in [0, 0.05) is 38.2 Å². The Morgan fingerprint density at radius 2 is 2.08 bits per heavy atom. The number of hydrogen-bond donors (Lipinski definition) is 0. The van der Waals surface area contributed by atoms with Crippen LogP contribution in [0.5, 0.6) is 0 Å². The molecule has 2 saturated heterocycles. The topological polar surface area (TPSA) is 40.6 Å². The van der Waals surface area contributed by atoms with E-state index in [1.807, 2.05) is 0 Å². The molecule has 0 bridgehead atoms. The average Bonchev–Trinajstić information content (AvgIpc) is 3.00. The summed E-state index contributed by atoms with van der Waals surface area (Å²) >= 11 is 0. The monoisotopic (exact) mass is 330 g/mol. The molecular weight excluding hydrogens is 307 g/mol. The fourth-order valence-electron chi connectivity index (χ4n) is 3.85.